The van der Waals surface area contributed by atoms with E-state index in [1.54, 1.807) is 0 Å². The first-order chi connectivity index (χ1) is 15.4. The van der Waals surface area contributed by atoms with Crippen molar-refractivity contribution in [2.75, 3.05) is 18.0 Å². The number of nitrogens with one attached hydrogen (secondary N) is 1. The lowest BCUT2D eigenvalue weighted by Crippen LogP contribution is -2.34. The summed E-state index contributed by atoms with van der Waals surface area (Å²) in [6, 6.07) is 8.07. The molecule has 5 rings (SSSR count). The van der Waals surface area contributed by atoms with Crippen molar-refractivity contribution in [1.29, 1.82) is 0 Å². The average molecular weight is 433 g/mol. The van der Waals surface area contributed by atoms with Crippen LogP contribution < -0.4 is 10.2 Å². The largest absolute Gasteiger partial charge is 0.316 e. The lowest BCUT2D eigenvalue weighted by Gasteiger charge is -2.17. The first-order valence-corrected chi connectivity index (χ1v) is 10.4. The van der Waals surface area contributed by atoms with Gasteiger partial charge in [-0.3, -0.25) is 9.78 Å². The van der Waals surface area contributed by atoms with Gasteiger partial charge in [-0.2, -0.15) is 0 Å². The minimum Gasteiger partial charge on any atom is -0.316 e. The molecule has 2 aromatic heterocycles. The third-order valence-electron chi connectivity index (χ3n) is 5.86. The van der Waals surface area contributed by atoms with Gasteiger partial charge in [0.1, 0.15) is 17.3 Å². The van der Waals surface area contributed by atoms with Gasteiger partial charge in [-0.1, -0.05) is 12.1 Å². The number of hydrogen-bond donors (Lipinski definition) is 1. The van der Waals surface area contributed by atoms with Gasteiger partial charge in [0.2, 0.25) is 5.95 Å². The number of anilines is 1. The van der Waals surface area contributed by atoms with E-state index in [4.69, 9.17) is 0 Å². The Morgan fingerprint density at radius 1 is 1.09 bits per heavy atom. The van der Waals surface area contributed by atoms with Crippen LogP contribution in [-0.4, -0.2) is 39.9 Å². The summed E-state index contributed by atoms with van der Waals surface area (Å²) >= 11 is 0. The Hall–Kier alpha value is -3.52. The molecule has 2 atom stereocenters. The van der Waals surface area contributed by atoms with E-state index in [1.165, 1.54) is 36.5 Å². The average Bonchev–Trinajstić information content (AvgIpc) is 3.34. The van der Waals surface area contributed by atoms with E-state index in [9.17, 15) is 13.6 Å². The van der Waals surface area contributed by atoms with Crippen LogP contribution in [0.3, 0.4) is 0 Å². The van der Waals surface area contributed by atoms with Crippen LogP contribution >= 0.6 is 0 Å². The van der Waals surface area contributed by atoms with Gasteiger partial charge in [-0.25, -0.2) is 18.7 Å². The number of Topliss-reactive ketones (excluding diaryl/α,β-unsaturated/α-hetero) is 1. The van der Waals surface area contributed by atoms with Gasteiger partial charge < -0.3 is 10.2 Å². The van der Waals surface area contributed by atoms with Crippen molar-refractivity contribution < 1.29 is 13.6 Å². The van der Waals surface area contributed by atoms with E-state index >= 15 is 0 Å². The van der Waals surface area contributed by atoms with Crippen LogP contribution in [0.25, 0.3) is 11.3 Å². The summed E-state index contributed by atoms with van der Waals surface area (Å²) in [5.74, 6) is -1.09. The molecule has 2 aliphatic rings. The highest BCUT2D eigenvalue weighted by Crippen LogP contribution is 2.35. The minimum atomic E-state index is -0.710. The summed E-state index contributed by atoms with van der Waals surface area (Å²) in [6.45, 7) is 5.03. The molecule has 2 aliphatic heterocycles. The number of carbonyl (C=O) groups is 1. The number of aromatic nitrogens is 3. The zero-order valence-corrected chi connectivity index (χ0v) is 17.6. The highest BCUT2D eigenvalue weighted by Gasteiger charge is 2.41. The monoisotopic (exact) mass is 433 g/mol. The molecule has 0 amide bonds. The summed E-state index contributed by atoms with van der Waals surface area (Å²) < 4.78 is 29.3. The van der Waals surface area contributed by atoms with E-state index in [0.29, 0.717) is 19.0 Å². The molecule has 2 unspecified atom stereocenters. The fraction of sp³-hybridized carbons (Fsp3) is 0.250. The van der Waals surface area contributed by atoms with E-state index in [1.807, 2.05) is 31.0 Å². The first-order valence-electron chi connectivity index (χ1n) is 10.4. The molecule has 1 N–H and O–H groups in total. The van der Waals surface area contributed by atoms with Gasteiger partial charge in [0, 0.05) is 48.4 Å². The smallest absolute Gasteiger partial charge is 0.229 e. The number of nitrogens with zero attached hydrogens (tertiary/aromatic N) is 4. The standard InChI is InChI=1S/C24H21F2N5O/c1-13-9-14(2)30-24(29-13)31-11-15-10-28-22(17(15)12-31)23(32)20-16(5-3-6-18(20)25)21-19(26)7-4-8-27-21/h3-9,12,15,22,28H,10-11H2,1-2H3. The van der Waals surface area contributed by atoms with Crippen molar-refractivity contribution in [3.05, 3.63) is 83.0 Å². The zero-order valence-electron chi connectivity index (χ0n) is 17.6. The molecule has 0 bridgehead atoms. The maximum Gasteiger partial charge on any atom is 0.229 e. The third kappa shape index (κ3) is 3.46. The predicted molar refractivity (Wildman–Crippen MR) is 116 cm³/mol. The summed E-state index contributed by atoms with van der Waals surface area (Å²) in [6.07, 6.45) is 3.30. The van der Waals surface area contributed by atoms with E-state index in [-0.39, 0.29) is 22.7 Å². The zero-order chi connectivity index (χ0) is 22.4. The van der Waals surface area contributed by atoms with Crippen LogP contribution in [0.4, 0.5) is 14.7 Å². The summed E-state index contributed by atoms with van der Waals surface area (Å²) in [5.41, 5.74) is 2.52. The Balaban J connectivity index is 1.52. The fourth-order valence-electron chi connectivity index (χ4n) is 4.47. The van der Waals surface area contributed by atoms with Gasteiger partial charge in [-0.15, -0.1) is 0 Å². The number of hydrogen-bond acceptors (Lipinski definition) is 6. The van der Waals surface area contributed by atoms with Gasteiger partial charge >= 0.3 is 0 Å². The van der Waals surface area contributed by atoms with Crippen LogP contribution in [-0.2, 0) is 0 Å². The quantitative estimate of drug-likeness (QED) is 0.634. The Morgan fingerprint density at radius 3 is 2.59 bits per heavy atom. The molecule has 0 radical (unpaired) electrons. The predicted octanol–water partition coefficient (Wildman–Crippen LogP) is 3.61. The van der Waals surface area contributed by atoms with Crippen LogP contribution in [0.5, 0.6) is 0 Å². The summed E-state index contributed by atoms with van der Waals surface area (Å²) in [5, 5.41) is 3.21. The maximum absolute atomic E-state index is 14.9. The number of aryl methyl sites for hydroxylation is 2. The highest BCUT2D eigenvalue weighted by molar-refractivity contribution is 6.07. The van der Waals surface area contributed by atoms with Gasteiger partial charge in [-0.05, 0) is 43.7 Å². The first kappa shape index (κ1) is 20.4. The Labute approximate surface area is 184 Å². The number of benzene rings is 1. The molecule has 32 heavy (non-hydrogen) atoms. The molecular weight excluding hydrogens is 412 g/mol. The van der Waals surface area contributed by atoms with E-state index in [0.717, 1.165) is 17.0 Å². The number of fused-ring (bicyclic) bond motifs is 1. The molecule has 0 spiro atoms. The van der Waals surface area contributed by atoms with Crippen molar-refractivity contribution in [2.24, 2.45) is 5.92 Å². The number of rotatable bonds is 4. The van der Waals surface area contributed by atoms with E-state index in [2.05, 4.69) is 20.3 Å². The van der Waals surface area contributed by atoms with E-state index < -0.39 is 23.5 Å². The van der Waals surface area contributed by atoms with Crippen LogP contribution in [0.15, 0.2) is 54.4 Å². The minimum absolute atomic E-state index is 0.0458. The number of carbonyl (C=O) groups excluding carboxylic acids is 1. The molecular formula is C24H21F2N5O. The molecule has 0 saturated carbocycles. The van der Waals surface area contributed by atoms with Crippen molar-refractivity contribution in [2.45, 2.75) is 19.9 Å². The Morgan fingerprint density at radius 2 is 1.84 bits per heavy atom. The number of pyridine rings is 1. The molecule has 3 aromatic rings. The summed E-state index contributed by atoms with van der Waals surface area (Å²) in [4.78, 5) is 28.5. The SMILES string of the molecule is Cc1cc(C)nc(N2C=C3C(CNC3C(=O)c3c(F)cccc3-c3ncccc3F)C2)n1. The molecule has 0 aliphatic carbocycles. The molecule has 1 fully saturated rings. The van der Waals surface area contributed by atoms with Crippen LogP contribution in [0.1, 0.15) is 21.7 Å². The topological polar surface area (TPSA) is 71.0 Å². The molecule has 1 aromatic carbocycles. The molecule has 4 heterocycles. The van der Waals surface area contributed by atoms with Gasteiger partial charge in [0.25, 0.3) is 0 Å². The van der Waals surface area contributed by atoms with Crippen molar-refractivity contribution >= 4 is 11.7 Å². The normalized spacial score (nSPS) is 19.8. The number of halogens is 2. The van der Waals surface area contributed by atoms with Gasteiger partial charge in [0.05, 0.1) is 11.6 Å². The fourth-order valence-corrected chi connectivity index (χ4v) is 4.47. The lowest BCUT2D eigenvalue weighted by molar-refractivity contribution is 0.0963. The molecule has 162 valence electrons. The lowest BCUT2D eigenvalue weighted by atomic mass is 9.91. The van der Waals surface area contributed by atoms with Crippen molar-refractivity contribution in [3.63, 3.8) is 0 Å². The second-order valence-electron chi connectivity index (χ2n) is 8.13. The molecule has 1 saturated heterocycles. The summed E-state index contributed by atoms with van der Waals surface area (Å²) in [7, 11) is 0. The number of ketones is 1. The Kier molecular flexibility index (Phi) is 5.01. The second-order valence-corrected chi connectivity index (χ2v) is 8.13. The second kappa shape index (κ2) is 7.87. The maximum atomic E-state index is 14.9. The Bertz CT molecular complexity index is 1240. The third-order valence-corrected chi connectivity index (χ3v) is 5.86. The van der Waals surface area contributed by atoms with Crippen molar-refractivity contribution in [3.8, 4) is 11.3 Å². The van der Waals surface area contributed by atoms with Crippen LogP contribution in [0, 0.1) is 31.4 Å². The van der Waals surface area contributed by atoms with Crippen LogP contribution in [0.2, 0.25) is 0 Å². The van der Waals surface area contributed by atoms with Gasteiger partial charge in [0.15, 0.2) is 5.78 Å². The molecule has 6 nitrogen and oxygen atoms in total. The highest BCUT2D eigenvalue weighted by atomic mass is 19.1. The molecule has 8 heteroatoms. The van der Waals surface area contributed by atoms with Crippen molar-refractivity contribution in [1.82, 2.24) is 20.3 Å².